The Balaban J connectivity index is 2.85. The van der Waals surface area contributed by atoms with Gasteiger partial charge >= 0.3 is 0 Å². The van der Waals surface area contributed by atoms with Crippen molar-refractivity contribution in [3.63, 3.8) is 0 Å². The average Bonchev–Trinajstić information content (AvgIpc) is 2.08. The number of halogens is 1. The van der Waals surface area contributed by atoms with E-state index in [4.69, 9.17) is 18.0 Å². The van der Waals surface area contributed by atoms with E-state index in [1.165, 1.54) is 11.1 Å². The summed E-state index contributed by atoms with van der Waals surface area (Å²) in [5.41, 5.74) is 8.06. The van der Waals surface area contributed by atoms with Crippen LogP contribution >= 0.6 is 28.1 Å². The summed E-state index contributed by atoms with van der Waals surface area (Å²) in [6.45, 7) is 4.23. The number of nitrogens with two attached hydrogens (primary N) is 1. The lowest BCUT2D eigenvalue weighted by Gasteiger charge is -2.12. The van der Waals surface area contributed by atoms with Crippen LogP contribution in [0.1, 0.15) is 30.4 Å². The van der Waals surface area contributed by atoms with Crippen LogP contribution in [0.3, 0.4) is 0 Å². The van der Waals surface area contributed by atoms with Gasteiger partial charge < -0.3 is 5.73 Å². The lowest BCUT2D eigenvalue weighted by atomic mass is 9.96. The topological polar surface area (TPSA) is 26.0 Å². The molecule has 0 saturated heterocycles. The van der Waals surface area contributed by atoms with Gasteiger partial charge in [-0.05, 0) is 30.0 Å². The van der Waals surface area contributed by atoms with Crippen LogP contribution in [-0.4, -0.2) is 4.99 Å². The van der Waals surface area contributed by atoms with Crippen molar-refractivity contribution in [2.75, 3.05) is 0 Å². The fraction of sp³-hybridized carbons (Fsp3) is 0.364. The van der Waals surface area contributed by atoms with Gasteiger partial charge in [0, 0.05) is 10.9 Å². The SMILES string of the molecule is Cc1cc(C(C)CC(N)=S)ccc1Br. The molecule has 0 aliphatic heterocycles. The molecule has 0 radical (unpaired) electrons. The Bertz CT molecular complexity index is 349. The normalized spacial score (nSPS) is 12.5. The van der Waals surface area contributed by atoms with Gasteiger partial charge in [0.25, 0.3) is 0 Å². The minimum Gasteiger partial charge on any atom is -0.393 e. The van der Waals surface area contributed by atoms with Crippen LogP contribution in [0.4, 0.5) is 0 Å². The number of benzene rings is 1. The Kier molecular flexibility index (Phi) is 4.08. The van der Waals surface area contributed by atoms with Gasteiger partial charge in [-0.1, -0.05) is 47.2 Å². The first-order chi connectivity index (χ1) is 6.50. The molecule has 0 bridgehead atoms. The first-order valence-electron chi connectivity index (χ1n) is 4.55. The maximum Gasteiger partial charge on any atom is 0.0733 e. The molecule has 0 saturated carbocycles. The third kappa shape index (κ3) is 3.07. The maximum absolute atomic E-state index is 5.52. The van der Waals surface area contributed by atoms with E-state index in [1.54, 1.807) is 0 Å². The van der Waals surface area contributed by atoms with E-state index in [1.807, 2.05) is 0 Å². The molecule has 0 amide bonds. The zero-order valence-corrected chi connectivity index (χ0v) is 10.8. The van der Waals surface area contributed by atoms with Crippen LogP contribution in [0.25, 0.3) is 0 Å². The van der Waals surface area contributed by atoms with Gasteiger partial charge in [-0.25, -0.2) is 0 Å². The van der Waals surface area contributed by atoms with E-state index in [9.17, 15) is 0 Å². The molecule has 2 N–H and O–H groups in total. The molecule has 1 unspecified atom stereocenters. The Hall–Kier alpha value is -0.410. The zero-order chi connectivity index (χ0) is 10.7. The van der Waals surface area contributed by atoms with Crippen molar-refractivity contribution in [3.8, 4) is 0 Å². The highest BCUT2D eigenvalue weighted by atomic mass is 79.9. The van der Waals surface area contributed by atoms with Crippen LogP contribution in [0.15, 0.2) is 22.7 Å². The van der Waals surface area contributed by atoms with E-state index in [-0.39, 0.29) is 0 Å². The number of thiocarbonyl (C=S) groups is 1. The van der Waals surface area contributed by atoms with Crippen molar-refractivity contribution in [1.29, 1.82) is 0 Å². The Morgan fingerprint density at radius 3 is 2.71 bits per heavy atom. The summed E-state index contributed by atoms with van der Waals surface area (Å²) in [4.78, 5) is 0.582. The van der Waals surface area contributed by atoms with Gasteiger partial charge in [-0.2, -0.15) is 0 Å². The third-order valence-corrected chi connectivity index (χ3v) is 3.31. The van der Waals surface area contributed by atoms with E-state index < -0.39 is 0 Å². The minimum atomic E-state index is 0.402. The highest BCUT2D eigenvalue weighted by Gasteiger charge is 2.07. The third-order valence-electron chi connectivity index (χ3n) is 2.26. The van der Waals surface area contributed by atoms with Gasteiger partial charge in [0.2, 0.25) is 0 Å². The fourth-order valence-corrected chi connectivity index (χ4v) is 1.89. The molecular formula is C11H14BrNS. The van der Waals surface area contributed by atoms with E-state index in [0.717, 1.165) is 10.9 Å². The molecule has 0 aliphatic rings. The summed E-state index contributed by atoms with van der Waals surface area (Å²) in [5, 5.41) is 0. The second kappa shape index (κ2) is 4.89. The summed E-state index contributed by atoms with van der Waals surface area (Å²) in [6, 6.07) is 6.35. The second-order valence-electron chi connectivity index (χ2n) is 3.58. The van der Waals surface area contributed by atoms with E-state index >= 15 is 0 Å². The molecule has 0 spiro atoms. The summed E-state index contributed by atoms with van der Waals surface area (Å²) in [5.74, 6) is 0.402. The fourth-order valence-electron chi connectivity index (χ4n) is 1.39. The Labute approximate surface area is 98.8 Å². The number of aryl methyl sites for hydroxylation is 1. The average molecular weight is 272 g/mol. The standard InChI is InChI=1S/C11H14BrNS/c1-7(6-11(13)14)9-3-4-10(12)8(2)5-9/h3-5,7H,6H2,1-2H3,(H2,13,14). The van der Waals surface area contributed by atoms with Crippen LogP contribution in [0.2, 0.25) is 0 Å². The van der Waals surface area contributed by atoms with Gasteiger partial charge in [0.1, 0.15) is 0 Å². The minimum absolute atomic E-state index is 0.402. The Morgan fingerprint density at radius 2 is 2.21 bits per heavy atom. The predicted molar refractivity (Wildman–Crippen MR) is 68.7 cm³/mol. The first-order valence-corrected chi connectivity index (χ1v) is 5.75. The van der Waals surface area contributed by atoms with Crippen LogP contribution in [-0.2, 0) is 0 Å². The largest absolute Gasteiger partial charge is 0.393 e. The lowest BCUT2D eigenvalue weighted by molar-refractivity contribution is 0.805. The first kappa shape index (κ1) is 11.7. The lowest BCUT2D eigenvalue weighted by Crippen LogP contribution is -2.11. The monoisotopic (exact) mass is 271 g/mol. The molecule has 76 valence electrons. The van der Waals surface area contributed by atoms with Gasteiger partial charge in [0.05, 0.1) is 4.99 Å². The van der Waals surface area contributed by atoms with Crippen LogP contribution < -0.4 is 5.73 Å². The highest BCUT2D eigenvalue weighted by Crippen LogP contribution is 2.24. The molecule has 14 heavy (non-hydrogen) atoms. The molecule has 3 heteroatoms. The Morgan fingerprint density at radius 1 is 1.57 bits per heavy atom. The van der Waals surface area contributed by atoms with Gasteiger partial charge in [-0.15, -0.1) is 0 Å². The van der Waals surface area contributed by atoms with Gasteiger partial charge in [0.15, 0.2) is 0 Å². The predicted octanol–water partition coefficient (Wildman–Crippen LogP) is 3.54. The molecule has 0 aliphatic carbocycles. The summed E-state index contributed by atoms with van der Waals surface area (Å²) < 4.78 is 1.14. The number of rotatable bonds is 3. The molecule has 0 fully saturated rings. The van der Waals surface area contributed by atoms with Crippen molar-refractivity contribution in [2.24, 2.45) is 5.73 Å². The van der Waals surface area contributed by atoms with Crippen molar-refractivity contribution in [1.82, 2.24) is 0 Å². The highest BCUT2D eigenvalue weighted by molar-refractivity contribution is 9.10. The molecule has 1 aromatic carbocycles. The van der Waals surface area contributed by atoms with Crippen molar-refractivity contribution >= 4 is 33.1 Å². The number of hydrogen-bond acceptors (Lipinski definition) is 1. The summed E-state index contributed by atoms with van der Waals surface area (Å²) in [7, 11) is 0. The van der Waals surface area contributed by atoms with Crippen LogP contribution in [0.5, 0.6) is 0 Å². The molecule has 0 aromatic heterocycles. The maximum atomic E-state index is 5.52. The second-order valence-corrected chi connectivity index (χ2v) is 4.96. The molecule has 1 atom stereocenters. The summed E-state index contributed by atoms with van der Waals surface area (Å²) >= 11 is 8.38. The molecule has 1 aromatic rings. The zero-order valence-electron chi connectivity index (χ0n) is 8.38. The molecule has 1 nitrogen and oxygen atoms in total. The van der Waals surface area contributed by atoms with Gasteiger partial charge in [-0.3, -0.25) is 0 Å². The molecule has 0 heterocycles. The van der Waals surface area contributed by atoms with Crippen molar-refractivity contribution in [3.05, 3.63) is 33.8 Å². The molecular weight excluding hydrogens is 258 g/mol. The molecule has 1 rings (SSSR count). The van der Waals surface area contributed by atoms with Crippen LogP contribution in [0, 0.1) is 6.92 Å². The smallest absolute Gasteiger partial charge is 0.0733 e. The van der Waals surface area contributed by atoms with E-state index in [2.05, 4.69) is 48.0 Å². The van der Waals surface area contributed by atoms with E-state index in [0.29, 0.717) is 10.9 Å². The summed E-state index contributed by atoms with van der Waals surface area (Å²) in [6.07, 6.45) is 0.774. The number of hydrogen-bond donors (Lipinski definition) is 1. The van der Waals surface area contributed by atoms with Crippen molar-refractivity contribution in [2.45, 2.75) is 26.2 Å². The quantitative estimate of drug-likeness (QED) is 0.852. The van der Waals surface area contributed by atoms with Crippen molar-refractivity contribution < 1.29 is 0 Å².